The second-order valence-electron chi connectivity index (χ2n) is 6.09. The van der Waals surface area contributed by atoms with Crippen molar-refractivity contribution in [3.63, 3.8) is 0 Å². The van der Waals surface area contributed by atoms with Gasteiger partial charge in [-0.2, -0.15) is 4.99 Å². The minimum Gasteiger partial charge on any atom is -0.390 e. The van der Waals surface area contributed by atoms with E-state index in [-0.39, 0.29) is 0 Å². The number of aliphatic imine (C=N–C) groups is 1. The molecule has 1 N–H and O–H groups in total. The Labute approximate surface area is 114 Å². The maximum Gasteiger partial charge on any atom is 0.235 e. The molecule has 0 aromatic heterocycles. The molecule has 0 aliphatic heterocycles. The van der Waals surface area contributed by atoms with Gasteiger partial charge in [-0.1, -0.05) is 37.1 Å². The summed E-state index contributed by atoms with van der Waals surface area (Å²) in [7, 11) is 0. The highest BCUT2D eigenvalue weighted by Crippen LogP contribution is 2.43. The first kappa shape index (κ1) is 14.0. The van der Waals surface area contributed by atoms with E-state index in [1.54, 1.807) is 19.9 Å². The average molecular weight is 259 g/mol. The molecule has 2 rings (SSSR count). The van der Waals surface area contributed by atoms with Crippen LogP contribution < -0.4 is 0 Å². The van der Waals surface area contributed by atoms with Crippen molar-refractivity contribution in [3.8, 4) is 0 Å². The van der Waals surface area contributed by atoms with Crippen molar-refractivity contribution in [2.45, 2.75) is 57.1 Å². The van der Waals surface area contributed by atoms with E-state index in [0.29, 0.717) is 6.42 Å². The molecular formula is C16H21NO2. The zero-order chi connectivity index (χ0) is 13.9. The summed E-state index contributed by atoms with van der Waals surface area (Å²) in [6, 6.07) is 8.00. The lowest BCUT2D eigenvalue weighted by molar-refractivity contribution is 0.0804. The fourth-order valence-corrected chi connectivity index (χ4v) is 3.08. The van der Waals surface area contributed by atoms with E-state index in [1.807, 2.05) is 24.3 Å². The second-order valence-corrected chi connectivity index (χ2v) is 6.09. The third-order valence-electron chi connectivity index (χ3n) is 3.83. The third-order valence-corrected chi connectivity index (χ3v) is 3.83. The van der Waals surface area contributed by atoms with E-state index < -0.39 is 11.1 Å². The van der Waals surface area contributed by atoms with Crippen LogP contribution in [0.1, 0.15) is 50.7 Å². The molecule has 0 amide bonds. The Morgan fingerprint density at radius 3 is 2.53 bits per heavy atom. The first-order chi connectivity index (χ1) is 8.97. The molecule has 1 aromatic rings. The lowest BCUT2D eigenvalue weighted by Crippen LogP contribution is -2.26. The number of aliphatic hydroxyl groups is 1. The Bertz CT molecular complexity index is 490. The van der Waals surface area contributed by atoms with Crippen molar-refractivity contribution < 1.29 is 9.90 Å². The summed E-state index contributed by atoms with van der Waals surface area (Å²) in [6.07, 6.45) is 6.28. The van der Waals surface area contributed by atoms with Crippen LogP contribution >= 0.6 is 0 Å². The molecule has 1 fully saturated rings. The van der Waals surface area contributed by atoms with E-state index >= 15 is 0 Å². The minimum absolute atomic E-state index is 0.413. The molecule has 0 saturated heterocycles. The van der Waals surface area contributed by atoms with Gasteiger partial charge in [-0.15, -0.1) is 0 Å². The van der Waals surface area contributed by atoms with Gasteiger partial charge in [-0.25, -0.2) is 4.79 Å². The zero-order valence-electron chi connectivity index (χ0n) is 11.6. The molecule has 0 bridgehead atoms. The number of hydrogen-bond acceptors (Lipinski definition) is 3. The van der Waals surface area contributed by atoms with E-state index in [4.69, 9.17) is 0 Å². The van der Waals surface area contributed by atoms with Gasteiger partial charge in [0.15, 0.2) is 0 Å². The molecule has 0 heterocycles. The highest BCUT2D eigenvalue weighted by Gasteiger charge is 2.37. The first-order valence-electron chi connectivity index (χ1n) is 6.87. The van der Waals surface area contributed by atoms with Gasteiger partial charge in [0.1, 0.15) is 0 Å². The van der Waals surface area contributed by atoms with Crippen LogP contribution in [-0.2, 0) is 16.8 Å². The van der Waals surface area contributed by atoms with Gasteiger partial charge in [0, 0.05) is 6.42 Å². The molecule has 3 heteroatoms. The molecule has 19 heavy (non-hydrogen) atoms. The molecule has 0 unspecified atom stereocenters. The number of nitrogens with zero attached hydrogens (tertiary/aromatic N) is 1. The molecule has 1 saturated carbocycles. The Morgan fingerprint density at radius 1 is 1.32 bits per heavy atom. The summed E-state index contributed by atoms with van der Waals surface area (Å²) in [5.74, 6) is 0. The van der Waals surface area contributed by atoms with E-state index in [9.17, 15) is 9.90 Å². The Balaban J connectivity index is 2.46. The lowest BCUT2D eigenvalue weighted by atomic mass is 9.82. The molecule has 1 aliphatic rings. The predicted molar refractivity (Wildman–Crippen MR) is 74.7 cm³/mol. The fraction of sp³-hybridized carbons (Fsp3) is 0.562. The summed E-state index contributed by atoms with van der Waals surface area (Å²) in [4.78, 5) is 14.9. The summed E-state index contributed by atoms with van der Waals surface area (Å²) in [5, 5.41) is 10.0. The van der Waals surface area contributed by atoms with Gasteiger partial charge in [-0.3, -0.25) is 0 Å². The van der Waals surface area contributed by atoms with Crippen LogP contribution in [-0.4, -0.2) is 16.8 Å². The summed E-state index contributed by atoms with van der Waals surface area (Å²) in [6.45, 7) is 3.60. The van der Waals surface area contributed by atoms with Crippen molar-refractivity contribution in [1.29, 1.82) is 0 Å². The van der Waals surface area contributed by atoms with Crippen LogP contribution in [0.15, 0.2) is 29.3 Å². The SMILES string of the molecule is CC(C)(O)Cc1ccccc1C1(N=C=O)CCCC1. The van der Waals surface area contributed by atoms with Crippen molar-refractivity contribution in [3.05, 3.63) is 35.4 Å². The molecule has 1 aliphatic carbocycles. The summed E-state index contributed by atoms with van der Waals surface area (Å²) >= 11 is 0. The molecule has 102 valence electrons. The highest BCUT2D eigenvalue weighted by atomic mass is 16.3. The normalized spacial score (nSPS) is 18.1. The van der Waals surface area contributed by atoms with Crippen molar-refractivity contribution in [2.24, 2.45) is 4.99 Å². The monoisotopic (exact) mass is 259 g/mol. The summed E-state index contributed by atoms with van der Waals surface area (Å²) in [5.41, 5.74) is 0.985. The third kappa shape index (κ3) is 3.12. The number of carbonyl (C=O) groups excluding carboxylic acids is 1. The van der Waals surface area contributed by atoms with Gasteiger partial charge in [0.2, 0.25) is 6.08 Å². The Kier molecular flexibility index (Phi) is 3.88. The number of hydrogen-bond donors (Lipinski definition) is 1. The molecule has 0 radical (unpaired) electrons. The average Bonchev–Trinajstić information content (AvgIpc) is 2.78. The Hall–Kier alpha value is -1.44. The van der Waals surface area contributed by atoms with Crippen LogP contribution in [0, 0.1) is 0 Å². The van der Waals surface area contributed by atoms with Crippen LogP contribution in [0.2, 0.25) is 0 Å². The quantitative estimate of drug-likeness (QED) is 0.667. The van der Waals surface area contributed by atoms with Gasteiger partial charge in [-0.05, 0) is 37.8 Å². The van der Waals surface area contributed by atoms with E-state index in [2.05, 4.69) is 4.99 Å². The van der Waals surface area contributed by atoms with E-state index in [0.717, 1.165) is 36.8 Å². The van der Waals surface area contributed by atoms with E-state index in [1.165, 1.54) is 0 Å². The number of isocyanates is 1. The van der Waals surface area contributed by atoms with Crippen molar-refractivity contribution >= 4 is 6.08 Å². The molecular weight excluding hydrogens is 238 g/mol. The van der Waals surface area contributed by atoms with Gasteiger partial charge < -0.3 is 5.11 Å². The van der Waals surface area contributed by atoms with Crippen LogP contribution in [0.3, 0.4) is 0 Å². The van der Waals surface area contributed by atoms with Crippen LogP contribution in [0.25, 0.3) is 0 Å². The zero-order valence-corrected chi connectivity index (χ0v) is 11.6. The van der Waals surface area contributed by atoms with Crippen molar-refractivity contribution in [2.75, 3.05) is 0 Å². The molecule has 0 spiro atoms. The molecule has 1 aromatic carbocycles. The molecule has 3 nitrogen and oxygen atoms in total. The van der Waals surface area contributed by atoms with Crippen molar-refractivity contribution in [1.82, 2.24) is 0 Å². The van der Waals surface area contributed by atoms with Crippen LogP contribution in [0.5, 0.6) is 0 Å². The largest absolute Gasteiger partial charge is 0.390 e. The number of rotatable bonds is 4. The number of benzene rings is 1. The Morgan fingerprint density at radius 2 is 1.95 bits per heavy atom. The predicted octanol–water partition coefficient (Wildman–Crippen LogP) is 3.11. The standard InChI is InChI=1S/C16H21NO2/c1-15(2,19)11-13-7-3-4-8-14(13)16(17-12-18)9-5-6-10-16/h3-4,7-8,19H,5-6,9-11H2,1-2H3. The van der Waals surface area contributed by atoms with Crippen LogP contribution in [0.4, 0.5) is 0 Å². The lowest BCUT2D eigenvalue weighted by Gasteiger charge is -2.28. The minimum atomic E-state index is -0.763. The van der Waals surface area contributed by atoms with Gasteiger partial charge in [0.05, 0.1) is 11.1 Å². The summed E-state index contributed by atoms with van der Waals surface area (Å²) < 4.78 is 0. The maximum atomic E-state index is 10.8. The first-order valence-corrected chi connectivity index (χ1v) is 6.87. The highest BCUT2D eigenvalue weighted by molar-refractivity contribution is 5.42. The maximum absolute atomic E-state index is 10.8. The second kappa shape index (κ2) is 5.28. The smallest absolute Gasteiger partial charge is 0.235 e. The molecule has 0 atom stereocenters. The van der Waals surface area contributed by atoms with Gasteiger partial charge in [0.25, 0.3) is 0 Å². The fourth-order valence-electron chi connectivity index (χ4n) is 3.08. The van der Waals surface area contributed by atoms with Gasteiger partial charge >= 0.3 is 0 Å². The topological polar surface area (TPSA) is 49.7 Å².